The van der Waals surface area contributed by atoms with E-state index in [1.54, 1.807) is 0 Å². The highest BCUT2D eigenvalue weighted by atomic mass is 19.3. The minimum absolute atomic E-state index is 0.0156. The van der Waals surface area contributed by atoms with Crippen molar-refractivity contribution in [2.45, 2.75) is 6.43 Å². The fourth-order valence-corrected chi connectivity index (χ4v) is 0.823. The zero-order valence-corrected chi connectivity index (χ0v) is 6.87. The van der Waals surface area contributed by atoms with Gasteiger partial charge in [-0.2, -0.15) is 0 Å². The molecule has 1 heterocycles. The van der Waals surface area contributed by atoms with E-state index in [0.717, 1.165) is 6.20 Å². The number of alkyl halides is 2. The number of aliphatic hydroxyl groups is 1. The second kappa shape index (κ2) is 4.71. The number of hydrogen-bond donors (Lipinski definition) is 2. The summed E-state index contributed by atoms with van der Waals surface area (Å²) < 4.78 is 24.1. The normalized spacial score (nSPS) is 10.5. The molecule has 0 aliphatic carbocycles. The van der Waals surface area contributed by atoms with Gasteiger partial charge in [0.2, 0.25) is 0 Å². The maximum Gasteiger partial charge on any atom is 0.265 e. The molecule has 1 aromatic heterocycles. The topological polar surface area (TPSA) is 45.1 Å². The summed E-state index contributed by atoms with van der Waals surface area (Å²) in [4.78, 5) is 3.74. The van der Waals surface area contributed by atoms with Crippen LogP contribution >= 0.6 is 0 Å². The molecule has 2 N–H and O–H groups in total. The third-order valence-electron chi connectivity index (χ3n) is 1.46. The Kier molecular flexibility index (Phi) is 3.57. The molecule has 0 atom stereocenters. The lowest BCUT2D eigenvalue weighted by molar-refractivity contribution is 0.151. The van der Waals surface area contributed by atoms with E-state index in [4.69, 9.17) is 5.11 Å². The Balaban J connectivity index is 2.59. The smallest absolute Gasteiger partial charge is 0.265 e. The lowest BCUT2D eigenvalue weighted by atomic mass is 10.3. The van der Waals surface area contributed by atoms with Gasteiger partial charge in [-0.25, -0.2) is 13.8 Å². The minimum atomic E-state index is -2.49. The van der Waals surface area contributed by atoms with E-state index >= 15 is 0 Å². The highest BCUT2D eigenvalue weighted by Gasteiger charge is 2.06. The van der Waals surface area contributed by atoms with Crippen molar-refractivity contribution >= 4 is 5.82 Å². The molecule has 0 aliphatic rings. The summed E-state index contributed by atoms with van der Waals surface area (Å²) in [6.07, 6.45) is -1.37. The van der Waals surface area contributed by atoms with Crippen LogP contribution in [0.4, 0.5) is 14.6 Å². The van der Waals surface area contributed by atoms with Crippen molar-refractivity contribution in [2.75, 3.05) is 18.5 Å². The first-order valence-corrected chi connectivity index (χ1v) is 3.83. The van der Waals surface area contributed by atoms with Gasteiger partial charge in [-0.3, -0.25) is 0 Å². The van der Waals surface area contributed by atoms with Crippen molar-refractivity contribution in [3.05, 3.63) is 23.9 Å². The molecule has 0 spiro atoms. The Morgan fingerprint density at radius 2 is 2.23 bits per heavy atom. The summed E-state index contributed by atoms with van der Waals surface area (Å²) in [6, 6.07) is 2.76. The number of nitrogens with zero attached hydrogens (tertiary/aromatic N) is 1. The number of hydrogen-bond acceptors (Lipinski definition) is 3. The zero-order valence-electron chi connectivity index (χ0n) is 6.87. The molecule has 0 fully saturated rings. The summed E-state index contributed by atoms with van der Waals surface area (Å²) in [6.45, 7) is 0.347. The molecule has 1 aromatic rings. The molecule has 3 nitrogen and oxygen atoms in total. The monoisotopic (exact) mass is 188 g/mol. The van der Waals surface area contributed by atoms with Gasteiger partial charge >= 0.3 is 0 Å². The lowest BCUT2D eigenvalue weighted by Crippen LogP contribution is -2.06. The summed E-state index contributed by atoms with van der Waals surface area (Å²) >= 11 is 0. The van der Waals surface area contributed by atoms with Crippen LogP contribution in [0.2, 0.25) is 0 Å². The third kappa shape index (κ3) is 2.95. The first-order chi connectivity index (χ1) is 6.24. The van der Waals surface area contributed by atoms with Crippen LogP contribution in [-0.2, 0) is 0 Å². The molecule has 0 radical (unpaired) electrons. The number of anilines is 1. The lowest BCUT2D eigenvalue weighted by Gasteiger charge is -2.03. The van der Waals surface area contributed by atoms with Crippen LogP contribution in [0.1, 0.15) is 12.0 Å². The van der Waals surface area contributed by atoms with Crippen LogP contribution in [0.15, 0.2) is 18.3 Å². The predicted molar refractivity (Wildman–Crippen MR) is 44.8 cm³/mol. The SMILES string of the molecule is OCCNc1ccc(C(F)F)cn1. The van der Waals surface area contributed by atoms with Gasteiger partial charge in [0.25, 0.3) is 6.43 Å². The van der Waals surface area contributed by atoms with Crippen molar-refractivity contribution in [3.8, 4) is 0 Å². The van der Waals surface area contributed by atoms with Crippen molar-refractivity contribution in [3.63, 3.8) is 0 Å². The van der Waals surface area contributed by atoms with Gasteiger partial charge in [-0.05, 0) is 12.1 Å². The van der Waals surface area contributed by atoms with Crippen LogP contribution < -0.4 is 5.32 Å². The number of aliphatic hydroxyl groups excluding tert-OH is 1. The molecule has 0 aliphatic heterocycles. The summed E-state index contributed by atoms with van der Waals surface area (Å²) in [5.74, 6) is 0.485. The number of nitrogens with one attached hydrogen (secondary N) is 1. The molecule has 0 bridgehead atoms. The Bertz CT molecular complexity index is 251. The Labute approximate surface area is 74.4 Å². The van der Waals surface area contributed by atoms with Gasteiger partial charge in [0.15, 0.2) is 0 Å². The molecule has 5 heteroatoms. The van der Waals surface area contributed by atoms with E-state index in [1.807, 2.05) is 0 Å². The molecule has 0 unspecified atom stereocenters. The minimum Gasteiger partial charge on any atom is -0.395 e. The van der Waals surface area contributed by atoms with Gasteiger partial charge in [0.1, 0.15) is 5.82 Å². The predicted octanol–water partition coefficient (Wildman–Crippen LogP) is 1.42. The molecule has 13 heavy (non-hydrogen) atoms. The van der Waals surface area contributed by atoms with Crippen molar-refractivity contribution < 1.29 is 13.9 Å². The highest BCUT2D eigenvalue weighted by molar-refractivity contribution is 5.35. The van der Waals surface area contributed by atoms with E-state index in [0.29, 0.717) is 12.4 Å². The Morgan fingerprint density at radius 1 is 1.46 bits per heavy atom. The largest absolute Gasteiger partial charge is 0.395 e. The van der Waals surface area contributed by atoms with Gasteiger partial charge in [-0.15, -0.1) is 0 Å². The molecule has 0 aromatic carbocycles. The van der Waals surface area contributed by atoms with Gasteiger partial charge < -0.3 is 10.4 Å². The average Bonchev–Trinajstić information content (AvgIpc) is 2.15. The molecule has 0 saturated carbocycles. The van der Waals surface area contributed by atoms with Crippen molar-refractivity contribution in [1.29, 1.82) is 0 Å². The van der Waals surface area contributed by atoms with E-state index in [-0.39, 0.29) is 12.2 Å². The second-order valence-corrected chi connectivity index (χ2v) is 2.43. The quantitative estimate of drug-likeness (QED) is 0.751. The van der Waals surface area contributed by atoms with Crippen LogP contribution in [-0.4, -0.2) is 23.2 Å². The number of aromatic nitrogens is 1. The zero-order chi connectivity index (χ0) is 9.68. The standard InChI is InChI=1S/C8H10F2N2O/c9-8(10)6-1-2-7(12-5-6)11-3-4-13/h1-2,5,8,13H,3-4H2,(H,11,12). The molecular formula is C8H10F2N2O. The highest BCUT2D eigenvalue weighted by Crippen LogP contribution is 2.18. The summed E-state index contributed by atoms with van der Waals surface area (Å²) in [5, 5.41) is 11.2. The van der Waals surface area contributed by atoms with E-state index in [2.05, 4.69) is 10.3 Å². The third-order valence-corrected chi connectivity index (χ3v) is 1.46. The van der Waals surface area contributed by atoms with E-state index < -0.39 is 6.43 Å². The van der Waals surface area contributed by atoms with Crippen LogP contribution in [0, 0.1) is 0 Å². The number of halogens is 2. The molecule has 0 saturated heterocycles. The number of pyridine rings is 1. The van der Waals surface area contributed by atoms with Crippen LogP contribution in [0.3, 0.4) is 0 Å². The van der Waals surface area contributed by atoms with Gasteiger partial charge in [0.05, 0.1) is 6.61 Å². The van der Waals surface area contributed by atoms with Gasteiger partial charge in [-0.1, -0.05) is 0 Å². The first-order valence-electron chi connectivity index (χ1n) is 3.83. The van der Waals surface area contributed by atoms with Crippen molar-refractivity contribution in [2.24, 2.45) is 0 Å². The Morgan fingerprint density at radius 3 is 2.69 bits per heavy atom. The summed E-state index contributed by atoms with van der Waals surface area (Å²) in [5.41, 5.74) is -0.102. The maximum atomic E-state index is 12.1. The van der Waals surface area contributed by atoms with Crippen LogP contribution in [0.25, 0.3) is 0 Å². The molecule has 1 rings (SSSR count). The first kappa shape index (κ1) is 9.85. The second-order valence-electron chi connectivity index (χ2n) is 2.43. The fraction of sp³-hybridized carbons (Fsp3) is 0.375. The molecule has 0 amide bonds. The van der Waals surface area contributed by atoms with E-state index in [9.17, 15) is 8.78 Å². The summed E-state index contributed by atoms with van der Waals surface area (Å²) in [7, 11) is 0. The van der Waals surface area contributed by atoms with Crippen molar-refractivity contribution in [1.82, 2.24) is 4.98 Å². The van der Waals surface area contributed by atoms with Crippen LogP contribution in [0.5, 0.6) is 0 Å². The van der Waals surface area contributed by atoms with E-state index in [1.165, 1.54) is 12.1 Å². The number of rotatable bonds is 4. The van der Waals surface area contributed by atoms with Gasteiger partial charge in [0, 0.05) is 18.3 Å². The Hall–Kier alpha value is -1.23. The maximum absolute atomic E-state index is 12.1. The molecular weight excluding hydrogens is 178 g/mol. The fourth-order valence-electron chi connectivity index (χ4n) is 0.823. The molecule has 72 valence electrons. The average molecular weight is 188 g/mol.